The number of morpholine rings is 1. The molecule has 3 aromatic rings. The van der Waals surface area contributed by atoms with Crippen LogP contribution in [-0.2, 0) is 4.74 Å². The molecule has 0 bridgehead atoms. The summed E-state index contributed by atoms with van der Waals surface area (Å²) in [6, 6.07) is 12.5. The molecule has 0 aliphatic carbocycles. The van der Waals surface area contributed by atoms with Gasteiger partial charge in [-0.1, -0.05) is 17.7 Å². The number of rotatable bonds is 5. The largest absolute Gasteiger partial charge is 0.377 e. The van der Waals surface area contributed by atoms with Gasteiger partial charge in [0.25, 0.3) is 0 Å². The minimum Gasteiger partial charge on any atom is -0.377 e. The number of aromatic nitrogens is 2. The molecule has 1 aromatic carbocycles. The van der Waals surface area contributed by atoms with E-state index in [1.54, 1.807) is 24.4 Å². The number of hydrogen-bond donors (Lipinski definition) is 1. The van der Waals surface area contributed by atoms with Crippen LogP contribution in [0.1, 0.15) is 12.5 Å². The van der Waals surface area contributed by atoms with Crippen LogP contribution in [0.4, 0.5) is 16.0 Å². The van der Waals surface area contributed by atoms with E-state index in [0.717, 1.165) is 22.8 Å². The predicted molar refractivity (Wildman–Crippen MR) is 121 cm³/mol. The molecule has 1 aliphatic rings. The fourth-order valence-corrected chi connectivity index (χ4v) is 4.17. The molecular formula is C22H22ClFN4OS. The average molecular weight is 445 g/mol. The lowest BCUT2D eigenvalue weighted by molar-refractivity contribution is 0.0985. The molecule has 3 heterocycles. The lowest BCUT2D eigenvalue weighted by Crippen LogP contribution is -2.44. The van der Waals surface area contributed by atoms with Gasteiger partial charge in [0, 0.05) is 23.2 Å². The topological polar surface area (TPSA) is 50.3 Å². The zero-order chi connectivity index (χ0) is 21.1. The van der Waals surface area contributed by atoms with E-state index in [0.29, 0.717) is 35.3 Å². The van der Waals surface area contributed by atoms with Crippen LogP contribution < -0.4 is 9.62 Å². The summed E-state index contributed by atoms with van der Waals surface area (Å²) in [6.07, 6.45) is 1.80. The van der Waals surface area contributed by atoms with E-state index in [2.05, 4.69) is 26.5 Å². The molecule has 4 rings (SSSR count). The van der Waals surface area contributed by atoms with Gasteiger partial charge >= 0.3 is 0 Å². The van der Waals surface area contributed by atoms with Crippen LogP contribution in [0.5, 0.6) is 0 Å². The van der Waals surface area contributed by atoms with Crippen LogP contribution in [0, 0.1) is 12.7 Å². The van der Waals surface area contributed by atoms with Gasteiger partial charge in [0.1, 0.15) is 17.5 Å². The Balaban J connectivity index is 1.52. The molecule has 156 valence electrons. The van der Waals surface area contributed by atoms with E-state index in [4.69, 9.17) is 16.3 Å². The van der Waals surface area contributed by atoms with E-state index >= 15 is 0 Å². The summed E-state index contributed by atoms with van der Waals surface area (Å²) in [7, 11) is 0. The highest BCUT2D eigenvalue weighted by atomic mass is 35.5. The first-order valence-electron chi connectivity index (χ1n) is 9.67. The molecule has 2 aromatic heterocycles. The van der Waals surface area contributed by atoms with Crippen LogP contribution >= 0.6 is 23.5 Å². The van der Waals surface area contributed by atoms with Gasteiger partial charge in [-0.05, 0) is 67.8 Å². The van der Waals surface area contributed by atoms with Crippen molar-refractivity contribution in [1.29, 1.82) is 0 Å². The van der Waals surface area contributed by atoms with Gasteiger partial charge in [-0.15, -0.1) is 0 Å². The lowest BCUT2D eigenvalue weighted by Gasteiger charge is -2.34. The molecule has 1 unspecified atom stereocenters. The zero-order valence-electron chi connectivity index (χ0n) is 16.7. The van der Waals surface area contributed by atoms with Gasteiger partial charge in [0.05, 0.1) is 30.0 Å². The molecule has 1 saturated heterocycles. The quantitative estimate of drug-likeness (QED) is 0.518. The molecule has 5 nitrogen and oxygen atoms in total. The Morgan fingerprint density at radius 1 is 1.23 bits per heavy atom. The summed E-state index contributed by atoms with van der Waals surface area (Å²) in [4.78, 5) is 12.4. The summed E-state index contributed by atoms with van der Waals surface area (Å²) in [6.45, 7) is 6.27. The summed E-state index contributed by atoms with van der Waals surface area (Å²) in [5.74, 6) is 1.25. The molecule has 0 saturated carbocycles. The normalized spacial score (nSPS) is 16.5. The van der Waals surface area contributed by atoms with Gasteiger partial charge in [0.2, 0.25) is 0 Å². The van der Waals surface area contributed by atoms with E-state index in [1.165, 1.54) is 24.1 Å². The number of pyridine rings is 2. The Morgan fingerprint density at radius 3 is 2.93 bits per heavy atom. The van der Waals surface area contributed by atoms with Crippen LogP contribution in [0.25, 0.3) is 11.3 Å². The Morgan fingerprint density at radius 2 is 2.10 bits per heavy atom. The monoisotopic (exact) mass is 444 g/mol. The third-order valence-electron chi connectivity index (χ3n) is 4.95. The maximum absolute atomic E-state index is 13.7. The van der Waals surface area contributed by atoms with Crippen molar-refractivity contribution in [3.8, 4) is 11.3 Å². The van der Waals surface area contributed by atoms with E-state index in [9.17, 15) is 4.39 Å². The molecule has 1 atom stereocenters. The number of hydrogen-bond acceptors (Lipinski definition) is 6. The average Bonchev–Trinajstić information content (AvgIpc) is 2.75. The summed E-state index contributed by atoms with van der Waals surface area (Å²) in [5, 5.41) is 0.478. The third-order valence-corrected chi connectivity index (χ3v) is 6.06. The molecule has 1 aliphatic heterocycles. The fraction of sp³-hybridized carbons (Fsp3) is 0.273. The molecule has 8 heteroatoms. The lowest BCUT2D eigenvalue weighted by atomic mass is 10.0. The highest BCUT2D eigenvalue weighted by Gasteiger charge is 2.20. The standard InChI is InChI=1S/C22H22ClFN4OS/c1-14-3-4-16(24)11-18(14)22-19(23)5-6-20(26-22)27-30-17-7-8-25-21(12-17)28-9-10-29-13-15(28)2/h3-8,11-12,15H,9-10,13H2,1-2H3,(H,26,27). The van der Waals surface area contributed by atoms with Crippen LogP contribution in [-0.4, -0.2) is 35.8 Å². The van der Waals surface area contributed by atoms with Crippen molar-refractivity contribution in [2.75, 3.05) is 29.4 Å². The predicted octanol–water partition coefficient (Wildman–Crippen LogP) is 5.59. The number of halogens is 2. The van der Waals surface area contributed by atoms with Crippen molar-refractivity contribution in [1.82, 2.24) is 9.97 Å². The first-order chi connectivity index (χ1) is 14.5. The zero-order valence-corrected chi connectivity index (χ0v) is 18.3. The first kappa shape index (κ1) is 20.9. The summed E-state index contributed by atoms with van der Waals surface area (Å²) < 4.78 is 22.5. The second-order valence-electron chi connectivity index (χ2n) is 7.16. The highest BCUT2D eigenvalue weighted by molar-refractivity contribution is 8.00. The SMILES string of the molecule is Cc1ccc(F)cc1-c1nc(NSc2ccnc(N3CCOCC3C)c2)ccc1Cl. The van der Waals surface area contributed by atoms with Crippen molar-refractivity contribution in [2.45, 2.75) is 24.8 Å². The Hall–Kier alpha value is -2.35. The summed E-state index contributed by atoms with van der Waals surface area (Å²) >= 11 is 7.79. The second kappa shape index (κ2) is 9.20. The molecule has 0 spiro atoms. The minimum absolute atomic E-state index is 0.287. The number of benzene rings is 1. The van der Waals surface area contributed by atoms with Crippen molar-refractivity contribution in [2.24, 2.45) is 0 Å². The maximum atomic E-state index is 13.7. The molecule has 1 N–H and O–H groups in total. The van der Waals surface area contributed by atoms with Gasteiger partial charge in [0.15, 0.2) is 0 Å². The maximum Gasteiger partial charge on any atom is 0.136 e. The van der Waals surface area contributed by atoms with Crippen molar-refractivity contribution in [3.05, 3.63) is 65.1 Å². The number of ether oxygens (including phenoxy) is 1. The second-order valence-corrected chi connectivity index (χ2v) is 8.44. The number of aryl methyl sites for hydroxylation is 1. The van der Waals surface area contributed by atoms with Gasteiger partial charge in [-0.2, -0.15) is 0 Å². The van der Waals surface area contributed by atoms with E-state index < -0.39 is 0 Å². The Labute approximate surface area is 184 Å². The third kappa shape index (κ3) is 4.69. The fourth-order valence-electron chi connectivity index (χ4n) is 3.34. The Kier molecular flexibility index (Phi) is 6.41. The van der Waals surface area contributed by atoms with Crippen molar-refractivity contribution < 1.29 is 9.13 Å². The van der Waals surface area contributed by atoms with Crippen LogP contribution in [0.15, 0.2) is 53.6 Å². The van der Waals surface area contributed by atoms with Crippen molar-refractivity contribution in [3.63, 3.8) is 0 Å². The first-order valence-corrected chi connectivity index (χ1v) is 10.9. The molecule has 1 fully saturated rings. The molecule has 0 amide bonds. The van der Waals surface area contributed by atoms with Crippen LogP contribution in [0.3, 0.4) is 0 Å². The minimum atomic E-state index is -0.317. The summed E-state index contributed by atoms with van der Waals surface area (Å²) in [5.41, 5.74) is 2.15. The number of anilines is 2. The number of nitrogens with zero attached hydrogens (tertiary/aromatic N) is 3. The molecule has 0 radical (unpaired) electrons. The van der Waals surface area contributed by atoms with Crippen molar-refractivity contribution >= 4 is 35.2 Å². The van der Waals surface area contributed by atoms with E-state index in [-0.39, 0.29) is 11.9 Å². The van der Waals surface area contributed by atoms with Gasteiger partial charge < -0.3 is 14.4 Å². The highest BCUT2D eigenvalue weighted by Crippen LogP contribution is 2.32. The molecular weight excluding hydrogens is 423 g/mol. The van der Waals surface area contributed by atoms with E-state index in [1.807, 2.05) is 19.1 Å². The van der Waals surface area contributed by atoms with Crippen LogP contribution in [0.2, 0.25) is 5.02 Å². The van der Waals surface area contributed by atoms with Gasteiger partial charge in [-0.25, -0.2) is 14.4 Å². The number of nitrogens with one attached hydrogen (secondary N) is 1. The molecule has 30 heavy (non-hydrogen) atoms. The van der Waals surface area contributed by atoms with Gasteiger partial charge in [-0.3, -0.25) is 0 Å². The smallest absolute Gasteiger partial charge is 0.136 e. The Bertz CT molecular complexity index is 1050.